The highest BCUT2D eigenvalue weighted by Gasteiger charge is 2.36. The Morgan fingerprint density at radius 3 is 2.94 bits per heavy atom. The van der Waals surface area contributed by atoms with Gasteiger partial charge >= 0.3 is 0 Å². The van der Waals surface area contributed by atoms with Crippen molar-refractivity contribution in [3.63, 3.8) is 0 Å². The van der Waals surface area contributed by atoms with Crippen LogP contribution in [-0.2, 0) is 16.1 Å². The van der Waals surface area contributed by atoms with Gasteiger partial charge in [-0.25, -0.2) is 0 Å². The number of hydrogen-bond acceptors (Lipinski definition) is 6. The number of hydrogen-bond donors (Lipinski definition) is 2. The van der Waals surface area contributed by atoms with Gasteiger partial charge in [0.15, 0.2) is 0 Å². The average Bonchev–Trinajstić information content (AvgIpc) is 3.03. The molecule has 2 atom stereocenters. The zero-order chi connectivity index (χ0) is 23.7. The second kappa shape index (κ2) is 9.31. The molecule has 0 spiro atoms. The summed E-state index contributed by atoms with van der Waals surface area (Å²) in [5.41, 5.74) is 1.99. The minimum atomic E-state index is -0.297. The van der Waals surface area contributed by atoms with E-state index in [0.29, 0.717) is 30.3 Å². The van der Waals surface area contributed by atoms with Crippen molar-refractivity contribution >= 4 is 23.5 Å². The summed E-state index contributed by atoms with van der Waals surface area (Å²) in [5.74, 6) is 1.42. The molecule has 0 bridgehead atoms. The summed E-state index contributed by atoms with van der Waals surface area (Å²) in [5, 5.41) is 5.70. The van der Waals surface area contributed by atoms with Gasteiger partial charge in [0.25, 0.3) is 5.56 Å². The second-order valence-electron chi connectivity index (χ2n) is 9.29. The number of nitrogens with one attached hydrogen (secondary N) is 2. The number of pyridine rings is 1. The molecule has 9 heteroatoms. The Bertz CT molecular complexity index is 1240. The first-order chi connectivity index (χ1) is 16.4. The lowest BCUT2D eigenvalue weighted by Crippen LogP contribution is -2.36. The Hall–Kier alpha value is -3.04. The fraction of sp³-hybridized carbons (Fsp3) is 0.400. The van der Waals surface area contributed by atoms with E-state index in [-0.39, 0.29) is 34.1 Å². The van der Waals surface area contributed by atoms with E-state index in [4.69, 9.17) is 9.47 Å². The molecule has 0 unspecified atom stereocenters. The largest absolute Gasteiger partial charge is 0.489 e. The molecule has 0 saturated carbocycles. The summed E-state index contributed by atoms with van der Waals surface area (Å²) in [7, 11) is 0. The first-order valence-corrected chi connectivity index (χ1v) is 12.5. The Morgan fingerprint density at radius 2 is 2.15 bits per heavy atom. The zero-order valence-corrected chi connectivity index (χ0v) is 20.1. The number of fused-ring (bicyclic) bond motifs is 1. The van der Waals surface area contributed by atoms with Crippen molar-refractivity contribution < 1.29 is 14.3 Å². The van der Waals surface area contributed by atoms with Crippen LogP contribution in [0, 0.1) is 0 Å². The lowest BCUT2D eigenvalue weighted by atomic mass is 9.94. The maximum absolute atomic E-state index is 13.2. The molecule has 4 heterocycles. The number of ether oxygens (including phenoxy) is 2. The number of aromatic amines is 1. The first-order valence-electron chi connectivity index (χ1n) is 11.4. The van der Waals surface area contributed by atoms with Crippen LogP contribution in [0.4, 0.5) is 5.82 Å². The number of carbonyl (C=O) groups excluding carboxylic acids is 1. The minimum Gasteiger partial charge on any atom is -0.489 e. The Kier molecular flexibility index (Phi) is 6.22. The van der Waals surface area contributed by atoms with Crippen molar-refractivity contribution in [2.75, 3.05) is 17.7 Å². The molecular formula is C25H28N4O4S. The number of anilines is 1. The molecule has 5 rings (SSSR count). The van der Waals surface area contributed by atoms with Gasteiger partial charge in [0.1, 0.15) is 18.2 Å². The average molecular weight is 481 g/mol. The Morgan fingerprint density at radius 1 is 1.26 bits per heavy atom. The summed E-state index contributed by atoms with van der Waals surface area (Å²) >= 11 is 1.45. The molecule has 34 heavy (non-hydrogen) atoms. The van der Waals surface area contributed by atoms with Gasteiger partial charge in [0, 0.05) is 24.6 Å². The molecule has 2 aliphatic rings. The highest BCUT2D eigenvalue weighted by atomic mass is 32.2. The number of thioether (sulfide) groups is 1. The van der Waals surface area contributed by atoms with Crippen LogP contribution < -0.4 is 15.6 Å². The van der Waals surface area contributed by atoms with E-state index < -0.39 is 0 Å². The molecule has 0 radical (unpaired) electrons. The fourth-order valence-corrected chi connectivity index (χ4v) is 5.73. The summed E-state index contributed by atoms with van der Waals surface area (Å²) < 4.78 is 13.7. The topological polar surface area (TPSA) is 98.2 Å². The van der Waals surface area contributed by atoms with Gasteiger partial charge in [-0.2, -0.15) is 0 Å². The smallest absolute Gasteiger partial charge is 0.270 e. The van der Waals surface area contributed by atoms with Crippen molar-refractivity contribution in [2.24, 2.45) is 0 Å². The van der Waals surface area contributed by atoms with Crippen molar-refractivity contribution in [3.05, 3.63) is 75.8 Å². The van der Waals surface area contributed by atoms with Gasteiger partial charge in [-0.15, -0.1) is 11.8 Å². The molecule has 2 N–H and O–H groups in total. The molecule has 8 nitrogen and oxygen atoms in total. The number of benzene rings is 1. The lowest BCUT2D eigenvalue weighted by Gasteiger charge is -2.36. The normalized spacial score (nSPS) is 21.9. The molecule has 2 aromatic heterocycles. The van der Waals surface area contributed by atoms with Crippen LogP contribution in [0.3, 0.4) is 0 Å². The molecule has 2 aliphatic heterocycles. The molecule has 1 fully saturated rings. The second-order valence-corrected chi connectivity index (χ2v) is 10.4. The standard InChI is InChI=1S/C25H28N4O4S/c1-25(2)12-18(8-10-33-25)29-23-21(24(31)28-29)22(34-15-20(30)27-23)17-6-3-7-19(11-17)32-14-16-5-4-9-26-13-16/h3-7,9,11,13,18,22H,8,10,12,14-15H2,1-2H3,(H,27,30)(H,28,31)/t18-,22-/m0/s1. The highest BCUT2D eigenvalue weighted by Crippen LogP contribution is 2.42. The SMILES string of the molecule is CC1(C)C[C@@H](n2[nH]c(=O)c3c2NC(=O)CS[C@H]3c2cccc(OCc3cccnc3)c2)CCO1. The van der Waals surface area contributed by atoms with Crippen molar-refractivity contribution in [3.8, 4) is 5.75 Å². The van der Waals surface area contributed by atoms with Crippen LogP contribution in [0.15, 0.2) is 53.6 Å². The molecular weight excluding hydrogens is 452 g/mol. The maximum atomic E-state index is 13.2. The zero-order valence-electron chi connectivity index (χ0n) is 19.2. The highest BCUT2D eigenvalue weighted by molar-refractivity contribution is 8.00. The predicted molar refractivity (Wildman–Crippen MR) is 131 cm³/mol. The van der Waals surface area contributed by atoms with Gasteiger partial charge in [-0.3, -0.25) is 24.4 Å². The molecule has 1 aromatic carbocycles. The third-order valence-corrected chi connectivity index (χ3v) is 7.46. The number of aromatic nitrogens is 3. The summed E-state index contributed by atoms with van der Waals surface area (Å²) in [4.78, 5) is 29.9. The number of amides is 1. The van der Waals surface area contributed by atoms with E-state index in [1.807, 2.05) is 54.9 Å². The fourth-order valence-electron chi connectivity index (χ4n) is 4.62. The van der Waals surface area contributed by atoms with E-state index >= 15 is 0 Å². The van der Waals surface area contributed by atoms with Crippen LogP contribution >= 0.6 is 11.8 Å². The van der Waals surface area contributed by atoms with E-state index in [9.17, 15) is 9.59 Å². The van der Waals surface area contributed by atoms with E-state index in [1.54, 1.807) is 12.4 Å². The first kappa shape index (κ1) is 22.7. The van der Waals surface area contributed by atoms with Gasteiger partial charge in [0.05, 0.1) is 28.2 Å². The lowest BCUT2D eigenvalue weighted by molar-refractivity contribution is -0.113. The van der Waals surface area contributed by atoms with Gasteiger partial charge < -0.3 is 14.8 Å². The predicted octanol–water partition coefficient (Wildman–Crippen LogP) is 4.06. The number of carbonyl (C=O) groups is 1. The van der Waals surface area contributed by atoms with Crippen molar-refractivity contribution in [2.45, 2.75) is 50.2 Å². The molecule has 1 amide bonds. The molecule has 3 aromatic rings. The van der Waals surface area contributed by atoms with Crippen LogP contribution in [0.1, 0.15) is 54.7 Å². The van der Waals surface area contributed by atoms with E-state index in [0.717, 1.165) is 24.0 Å². The van der Waals surface area contributed by atoms with Gasteiger partial charge in [-0.05, 0) is 50.5 Å². The monoisotopic (exact) mass is 480 g/mol. The number of H-pyrrole nitrogens is 1. The third-order valence-electron chi connectivity index (χ3n) is 6.19. The van der Waals surface area contributed by atoms with Crippen LogP contribution in [0.2, 0.25) is 0 Å². The quantitative estimate of drug-likeness (QED) is 0.572. The summed E-state index contributed by atoms with van der Waals surface area (Å²) in [6.45, 7) is 5.10. The minimum absolute atomic E-state index is 0.0402. The maximum Gasteiger partial charge on any atom is 0.270 e. The van der Waals surface area contributed by atoms with Gasteiger partial charge in [-0.1, -0.05) is 18.2 Å². The van der Waals surface area contributed by atoms with Crippen LogP contribution in [0.5, 0.6) is 5.75 Å². The number of rotatable bonds is 5. The third kappa shape index (κ3) is 4.76. The summed E-state index contributed by atoms with van der Waals surface area (Å²) in [6, 6.07) is 11.6. The Balaban J connectivity index is 1.47. The van der Waals surface area contributed by atoms with Crippen LogP contribution in [0.25, 0.3) is 0 Å². The van der Waals surface area contributed by atoms with Crippen LogP contribution in [-0.4, -0.2) is 38.6 Å². The Labute approximate surface area is 202 Å². The van der Waals surface area contributed by atoms with Gasteiger partial charge in [0.2, 0.25) is 5.91 Å². The number of nitrogens with zero attached hydrogens (tertiary/aromatic N) is 2. The molecule has 1 saturated heterocycles. The molecule has 0 aliphatic carbocycles. The van der Waals surface area contributed by atoms with E-state index in [2.05, 4.69) is 15.4 Å². The summed E-state index contributed by atoms with van der Waals surface area (Å²) in [6.07, 6.45) is 5.01. The van der Waals surface area contributed by atoms with Crippen molar-refractivity contribution in [1.82, 2.24) is 14.8 Å². The molecule has 178 valence electrons. The van der Waals surface area contributed by atoms with Crippen molar-refractivity contribution in [1.29, 1.82) is 0 Å². The van der Waals surface area contributed by atoms with E-state index in [1.165, 1.54) is 11.8 Å².